The topological polar surface area (TPSA) is 138 Å². The van der Waals surface area contributed by atoms with E-state index < -0.39 is 0 Å². The van der Waals surface area contributed by atoms with Crippen molar-refractivity contribution in [3.63, 3.8) is 0 Å². The van der Waals surface area contributed by atoms with Crippen LogP contribution in [-0.4, -0.2) is 52.8 Å². The SMILES string of the molecule is COc1ccc(C(=O)Cc2cccc(C3=Nc4ccccc4C3)n2)c(OC)c1OC.Nc1cccc(-c2nc3ccccc3[nH]2)n1. The first-order valence-electron chi connectivity index (χ1n) is 14.6. The van der Waals surface area contributed by atoms with Crippen molar-refractivity contribution in [1.29, 1.82) is 0 Å². The molecule has 1 aliphatic rings. The summed E-state index contributed by atoms with van der Waals surface area (Å²) < 4.78 is 16.1. The van der Waals surface area contributed by atoms with Gasteiger partial charge in [0.1, 0.15) is 11.5 Å². The number of ether oxygens (including phenoxy) is 3. The van der Waals surface area contributed by atoms with Crippen molar-refractivity contribution in [2.24, 2.45) is 4.99 Å². The first-order valence-corrected chi connectivity index (χ1v) is 14.6. The Kier molecular flexibility index (Phi) is 8.69. The minimum absolute atomic E-state index is 0.117. The smallest absolute Gasteiger partial charge is 0.204 e. The molecule has 0 saturated carbocycles. The Balaban J connectivity index is 0.000000194. The van der Waals surface area contributed by atoms with Crippen LogP contribution in [0.25, 0.3) is 22.6 Å². The van der Waals surface area contributed by atoms with Gasteiger partial charge in [0.15, 0.2) is 23.1 Å². The average molecular weight is 613 g/mol. The number of H-pyrrole nitrogens is 1. The molecule has 1 aliphatic heterocycles. The molecule has 6 aromatic rings. The predicted octanol–water partition coefficient (Wildman–Crippen LogP) is 6.42. The zero-order chi connectivity index (χ0) is 32.0. The maximum absolute atomic E-state index is 13.0. The minimum atomic E-state index is -0.117. The number of aromatic amines is 1. The number of Topliss-reactive ketones (excluding diaryl/α,β-unsaturated/α-hetero) is 1. The van der Waals surface area contributed by atoms with E-state index in [0.29, 0.717) is 34.3 Å². The Bertz CT molecular complexity index is 2040. The van der Waals surface area contributed by atoms with Gasteiger partial charge in [-0.25, -0.2) is 9.97 Å². The second-order valence-electron chi connectivity index (χ2n) is 10.4. The lowest BCUT2D eigenvalue weighted by Crippen LogP contribution is -2.11. The van der Waals surface area contributed by atoms with Gasteiger partial charge in [0, 0.05) is 12.1 Å². The van der Waals surface area contributed by atoms with Crippen molar-refractivity contribution in [2.45, 2.75) is 12.8 Å². The fourth-order valence-electron chi connectivity index (χ4n) is 5.26. The standard InChI is InChI=1S/C24H22N2O4.C12H10N4/c1-28-22-12-11-17(23(29-2)24(22)30-3)21(27)14-16-8-6-10-19(25-16)20-13-15-7-4-5-9-18(15)26-20;13-11-7-3-6-10(14-11)12-15-8-4-1-2-5-9(8)16-12/h4-12H,13-14H2,1-3H3;1-7H,(H2,13,14)(H,15,16). The summed E-state index contributed by atoms with van der Waals surface area (Å²) >= 11 is 0. The van der Waals surface area contributed by atoms with Crippen molar-refractivity contribution in [3.8, 4) is 28.8 Å². The number of anilines is 1. The molecule has 0 saturated heterocycles. The number of pyridine rings is 2. The van der Waals surface area contributed by atoms with E-state index in [0.717, 1.165) is 46.1 Å². The minimum Gasteiger partial charge on any atom is -0.493 e. The summed E-state index contributed by atoms with van der Waals surface area (Å²) in [6.45, 7) is 0. The molecule has 4 heterocycles. The van der Waals surface area contributed by atoms with E-state index in [4.69, 9.17) is 19.9 Å². The molecule has 10 nitrogen and oxygen atoms in total. The number of aliphatic imine (C=N–C) groups is 1. The van der Waals surface area contributed by atoms with Crippen molar-refractivity contribution in [3.05, 3.63) is 120 Å². The molecule has 46 heavy (non-hydrogen) atoms. The molecule has 3 aromatic carbocycles. The van der Waals surface area contributed by atoms with Gasteiger partial charge in [-0.2, -0.15) is 0 Å². The third-order valence-corrected chi connectivity index (χ3v) is 7.46. The van der Waals surface area contributed by atoms with Gasteiger partial charge in [-0.1, -0.05) is 42.5 Å². The molecule has 7 rings (SSSR count). The van der Waals surface area contributed by atoms with Crippen molar-refractivity contribution < 1.29 is 19.0 Å². The second-order valence-corrected chi connectivity index (χ2v) is 10.4. The van der Waals surface area contributed by atoms with Crippen LogP contribution in [0.1, 0.15) is 27.3 Å². The summed E-state index contributed by atoms with van der Waals surface area (Å²) in [7, 11) is 4.56. The van der Waals surface area contributed by atoms with Gasteiger partial charge in [-0.15, -0.1) is 0 Å². The van der Waals surface area contributed by atoms with E-state index in [9.17, 15) is 4.79 Å². The summed E-state index contributed by atoms with van der Waals surface area (Å²) in [5, 5.41) is 0. The summed E-state index contributed by atoms with van der Waals surface area (Å²) in [6, 6.07) is 30.5. The van der Waals surface area contributed by atoms with E-state index in [1.54, 1.807) is 18.2 Å². The van der Waals surface area contributed by atoms with Gasteiger partial charge in [-0.3, -0.25) is 14.8 Å². The molecule has 0 amide bonds. The van der Waals surface area contributed by atoms with Crippen LogP contribution >= 0.6 is 0 Å². The van der Waals surface area contributed by atoms with Crippen LogP contribution in [0.3, 0.4) is 0 Å². The maximum Gasteiger partial charge on any atom is 0.204 e. The summed E-state index contributed by atoms with van der Waals surface area (Å²) in [5.74, 6) is 2.38. The highest BCUT2D eigenvalue weighted by Gasteiger charge is 2.22. The van der Waals surface area contributed by atoms with Crippen molar-refractivity contribution in [2.75, 3.05) is 27.1 Å². The highest BCUT2D eigenvalue weighted by Crippen LogP contribution is 2.40. The molecule has 3 aromatic heterocycles. The highest BCUT2D eigenvalue weighted by atomic mass is 16.5. The second kappa shape index (κ2) is 13.3. The number of rotatable bonds is 8. The Morgan fingerprint density at radius 1 is 0.761 bits per heavy atom. The molecule has 0 fully saturated rings. The number of nitrogens with two attached hydrogens (primary N) is 1. The number of benzene rings is 3. The van der Waals surface area contributed by atoms with Crippen LogP contribution in [0.2, 0.25) is 0 Å². The van der Waals surface area contributed by atoms with Crippen LogP contribution in [0.4, 0.5) is 11.5 Å². The summed E-state index contributed by atoms with van der Waals surface area (Å²) in [6.07, 6.45) is 0.879. The number of nitrogens with zero attached hydrogens (tertiary/aromatic N) is 4. The van der Waals surface area contributed by atoms with Crippen molar-refractivity contribution in [1.82, 2.24) is 19.9 Å². The highest BCUT2D eigenvalue weighted by molar-refractivity contribution is 6.05. The predicted molar refractivity (Wildman–Crippen MR) is 178 cm³/mol. The Morgan fingerprint density at radius 2 is 1.52 bits per heavy atom. The van der Waals surface area contributed by atoms with Gasteiger partial charge in [0.05, 0.1) is 61.4 Å². The van der Waals surface area contributed by atoms with Crippen molar-refractivity contribution >= 4 is 34.0 Å². The molecule has 0 unspecified atom stereocenters. The average Bonchev–Trinajstić information content (AvgIpc) is 3.73. The van der Waals surface area contributed by atoms with Gasteiger partial charge < -0.3 is 24.9 Å². The number of ketones is 1. The number of hydrogen-bond acceptors (Lipinski definition) is 9. The van der Waals surface area contributed by atoms with E-state index in [1.807, 2.05) is 72.8 Å². The fourth-order valence-corrected chi connectivity index (χ4v) is 5.26. The number of imidazole rings is 1. The molecule has 0 aliphatic carbocycles. The molecular weight excluding hydrogens is 580 g/mol. The number of para-hydroxylation sites is 3. The third-order valence-electron chi connectivity index (χ3n) is 7.46. The number of nitrogens with one attached hydrogen (secondary N) is 1. The zero-order valence-electron chi connectivity index (χ0n) is 25.7. The van der Waals surface area contributed by atoms with Gasteiger partial charge in [0.25, 0.3) is 0 Å². The first kappa shape index (κ1) is 30.0. The van der Waals surface area contributed by atoms with Crippen LogP contribution in [0.5, 0.6) is 17.2 Å². The van der Waals surface area contributed by atoms with Gasteiger partial charge in [0.2, 0.25) is 5.75 Å². The molecule has 3 N–H and O–H groups in total. The summed E-state index contributed by atoms with van der Waals surface area (Å²) in [4.78, 5) is 34.3. The monoisotopic (exact) mass is 612 g/mol. The fraction of sp³-hybridized carbons (Fsp3) is 0.139. The van der Waals surface area contributed by atoms with E-state index in [-0.39, 0.29) is 12.2 Å². The maximum atomic E-state index is 13.0. The van der Waals surface area contributed by atoms with E-state index >= 15 is 0 Å². The molecule has 0 radical (unpaired) electrons. The van der Waals surface area contributed by atoms with E-state index in [2.05, 4.69) is 31.0 Å². The lowest BCUT2D eigenvalue weighted by Gasteiger charge is -2.15. The number of fused-ring (bicyclic) bond motifs is 2. The Hall–Kier alpha value is -6.03. The summed E-state index contributed by atoms with van der Waals surface area (Å²) in [5.41, 5.74) is 13.3. The number of carbonyl (C=O) groups excluding carboxylic acids is 1. The molecule has 10 heteroatoms. The van der Waals surface area contributed by atoms with E-state index in [1.165, 1.54) is 26.9 Å². The molecule has 230 valence electrons. The normalized spacial score (nSPS) is 11.7. The lowest BCUT2D eigenvalue weighted by molar-refractivity contribution is 0.0988. The van der Waals surface area contributed by atoms with Crippen LogP contribution < -0.4 is 19.9 Å². The zero-order valence-corrected chi connectivity index (χ0v) is 25.7. The largest absolute Gasteiger partial charge is 0.493 e. The van der Waals surface area contributed by atoms with Crippen LogP contribution in [-0.2, 0) is 12.8 Å². The lowest BCUT2D eigenvalue weighted by atomic mass is 10.0. The molecule has 0 bridgehead atoms. The number of hydrogen-bond donors (Lipinski definition) is 2. The van der Waals surface area contributed by atoms with Crippen LogP contribution in [0, 0.1) is 0 Å². The first-order chi connectivity index (χ1) is 22.5. The Morgan fingerprint density at radius 3 is 2.28 bits per heavy atom. The molecular formula is C36H32N6O4. The number of carbonyl (C=O) groups is 1. The van der Waals surface area contributed by atoms with Gasteiger partial charge in [-0.05, 0) is 60.2 Å². The van der Waals surface area contributed by atoms with Gasteiger partial charge >= 0.3 is 0 Å². The number of nitrogen functional groups attached to an aromatic ring is 1. The quantitative estimate of drug-likeness (QED) is 0.188. The van der Waals surface area contributed by atoms with Crippen LogP contribution in [0.15, 0.2) is 102 Å². The Labute approximate surface area is 266 Å². The third kappa shape index (κ3) is 6.27. The number of methoxy groups -OCH3 is 3. The number of aromatic nitrogens is 4. The molecule has 0 atom stereocenters. The molecule has 0 spiro atoms.